The van der Waals surface area contributed by atoms with Crippen LogP contribution in [-0.4, -0.2) is 56.2 Å². The SMILES string of the molecule is C=CCn1c(=O)c2cnc(Nc3ccc4c(c3)CCNC4)nc2n1-c1cccc(N(C)CCO)n1. The third-order valence-corrected chi connectivity index (χ3v) is 6.09. The van der Waals surface area contributed by atoms with Crippen LogP contribution in [0.5, 0.6) is 0 Å². The summed E-state index contributed by atoms with van der Waals surface area (Å²) in [5.41, 5.74) is 3.73. The highest BCUT2D eigenvalue weighted by Gasteiger charge is 2.19. The first-order valence-corrected chi connectivity index (χ1v) is 11.6. The highest BCUT2D eigenvalue weighted by atomic mass is 16.3. The van der Waals surface area contributed by atoms with E-state index in [2.05, 4.69) is 34.3 Å². The van der Waals surface area contributed by atoms with Crippen LogP contribution in [-0.2, 0) is 19.5 Å². The molecular formula is C25H28N8O2. The van der Waals surface area contributed by atoms with Gasteiger partial charge < -0.3 is 20.6 Å². The van der Waals surface area contributed by atoms with Gasteiger partial charge in [0.2, 0.25) is 5.95 Å². The molecule has 180 valence electrons. The van der Waals surface area contributed by atoms with Crippen molar-refractivity contribution in [1.29, 1.82) is 0 Å². The van der Waals surface area contributed by atoms with Gasteiger partial charge in [-0.2, -0.15) is 4.98 Å². The van der Waals surface area contributed by atoms with Gasteiger partial charge in [0.25, 0.3) is 5.56 Å². The molecule has 0 spiro atoms. The number of rotatable bonds is 8. The van der Waals surface area contributed by atoms with Crippen LogP contribution in [0, 0.1) is 0 Å². The molecule has 0 atom stereocenters. The van der Waals surface area contributed by atoms with E-state index in [4.69, 9.17) is 9.97 Å². The molecule has 0 unspecified atom stereocenters. The second kappa shape index (κ2) is 9.69. The number of fused-ring (bicyclic) bond motifs is 2. The van der Waals surface area contributed by atoms with Crippen molar-refractivity contribution in [2.24, 2.45) is 0 Å². The predicted octanol–water partition coefficient (Wildman–Crippen LogP) is 1.98. The van der Waals surface area contributed by atoms with Gasteiger partial charge in [-0.15, -0.1) is 6.58 Å². The van der Waals surface area contributed by atoms with Crippen molar-refractivity contribution in [2.75, 3.05) is 37.0 Å². The van der Waals surface area contributed by atoms with E-state index in [0.717, 1.165) is 25.2 Å². The molecule has 10 heteroatoms. The van der Waals surface area contributed by atoms with E-state index < -0.39 is 0 Å². The molecule has 0 aliphatic carbocycles. The Morgan fingerprint density at radius 1 is 1.26 bits per heavy atom. The number of hydrogen-bond acceptors (Lipinski definition) is 8. The summed E-state index contributed by atoms with van der Waals surface area (Å²) in [5, 5.41) is 16.4. The standard InChI is InChI=1S/C25H28N8O2/c1-3-11-32-24(35)20-16-27-25(28-19-8-7-18-15-26-10-9-17(18)14-19)30-23(20)33(32)22-6-4-5-21(29-22)31(2)12-13-34/h3-8,14,16,26,34H,1,9-13,15H2,2H3,(H,27,28,30). The van der Waals surface area contributed by atoms with Crippen molar-refractivity contribution >= 4 is 28.5 Å². The third-order valence-electron chi connectivity index (χ3n) is 6.09. The molecule has 0 fully saturated rings. The molecule has 3 N–H and O–H groups in total. The zero-order valence-corrected chi connectivity index (χ0v) is 19.6. The van der Waals surface area contributed by atoms with Crippen LogP contribution in [0.4, 0.5) is 17.5 Å². The van der Waals surface area contributed by atoms with Crippen LogP contribution in [0.2, 0.25) is 0 Å². The van der Waals surface area contributed by atoms with Crippen LogP contribution in [0.3, 0.4) is 0 Å². The van der Waals surface area contributed by atoms with E-state index in [9.17, 15) is 9.90 Å². The number of nitrogens with one attached hydrogen (secondary N) is 2. The summed E-state index contributed by atoms with van der Waals surface area (Å²) < 4.78 is 3.24. The molecule has 1 aliphatic rings. The average Bonchev–Trinajstić information content (AvgIpc) is 3.15. The molecule has 4 heterocycles. The van der Waals surface area contributed by atoms with Gasteiger partial charge >= 0.3 is 0 Å². The Hall–Kier alpha value is -4.02. The number of anilines is 3. The van der Waals surface area contributed by atoms with Crippen molar-refractivity contribution in [1.82, 2.24) is 29.6 Å². The van der Waals surface area contributed by atoms with Gasteiger partial charge in [0, 0.05) is 32.0 Å². The zero-order chi connectivity index (χ0) is 24.4. The first kappa shape index (κ1) is 22.8. The fraction of sp³-hybridized carbons (Fsp3) is 0.280. The Balaban J connectivity index is 1.59. The summed E-state index contributed by atoms with van der Waals surface area (Å²) in [5.74, 6) is 1.60. The monoisotopic (exact) mass is 472 g/mol. The molecule has 1 aliphatic heterocycles. The minimum atomic E-state index is -0.219. The topological polar surface area (TPSA) is 113 Å². The maximum absolute atomic E-state index is 13.2. The largest absolute Gasteiger partial charge is 0.395 e. The Morgan fingerprint density at radius 3 is 2.97 bits per heavy atom. The first-order valence-electron chi connectivity index (χ1n) is 11.6. The van der Waals surface area contributed by atoms with Gasteiger partial charge in [0.05, 0.1) is 13.2 Å². The van der Waals surface area contributed by atoms with E-state index in [-0.39, 0.29) is 18.7 Å². The van der Waals surface area contributed by atoms with Crippen LogP contribution < -0.4 is 21.1 Å². The maximum atomic E-state index is 13.2. The Labute approximate surface area is 202 Å². The number of aliphatic hydroxyl groups is 1. The van der Waals surface area contributed by atoms with Gasteiger partial charge in [-0.25, -0.2) is 19.3 Å². The third kappa shape index (κ3) is 4.41. The Morgan fingerprint density at radius 2 is 2.14 bits per heavy atom. The van der Waals surface area contributed by atoms with E-state index >= 15 is 0 Å². The highest BCUT2D eigenvalue weighted by Crippen LogP contribution is 2.23. The molecule has 0 amide bonds. The molecule has 0 radical (unpaired) electrons. The highest BCUT2D eigenvalue weighted by molar-refractivity contribution is 5.77. The molecular weight excluding hydrogens is 444 g/mol. The average molecular weight is 473 g/mol. The number of pyridine rings is 1. The summed E-state index contributed by atoms with van der Waals surface area (Å²) in [7, 11) is 1.85. The van der Waals surface area contributed by atoms with Crippen molar-refractivity contribution in [3.63, 3.8) is 0 Å². The van der Waals surface area contributed by atoms with Crippen molar-refractivity contribution in [2.45, 2.75) is 19.5 Å². The van der Waals surface area contributed by atoms with Gasteiger partial charge in [0.1, 0.15) is 11.2 Å². The minimum absolute atomic E-state index is 0.0114. The molecule has 0 saturated heterocycles. The molecule has 0 saturated carbocycles. The lowest BCUT2D eigenvalue weighted by Gasteiger charge is -2.18. The number of allylic oxidation sites excluding steroid dienone is 1. The van der Waals surface area contributed by atoms with Gasteiger partial charge in [-0.05, 0) is 48.4 Å². The van der Waals surface area contributed by atoms with Gasteiger partial charge in [-0.1, -0.05) is 18.2 Å². The Bertz CT molecular complexity index is 1440. The van der Waals surface area contributed by atoms with E-state index in [0.29, 0.717) is 35.2 Å². The molecule has 0 bridgehead atoms. The van der Waals surface area contributed by atoms with E-state index in [1.54, 1.807) is 21.6 Å². The summed E-state index contributed by atoms with van der Waals surface area (Å²) in [6.07, 6.45) is 4.18. The second-order valence-corrected chi connectivity index (χ2v) is 8.45. The second-order valence-electron chi connectivity index (χ2n) is 8.45. The van der Waals surface area contributed by atoms with E-state index in [1.807, 2.05) is 36.2 Å². The Kier molecular flexibility index (Phi) is 6.30. The molecule has 1 aromatic carbocycles. The van der Waals surface area contributed by atoms with Crippen molar-refractivity contribution in [3.05, 3.63) is 76.7 Å². The quantitative estimate of drug-likeness (QED) is 0.334. The molecule has 5 rings (SSSR count). The number of hydrogen-bond donors (Lipinski definition) is 3. The number of nitrogens with zero attached hydrogens (tertiary/aromatic N) is 6. The fourth-order valence-electron chi connectivity index (χ4n) is 4.30. The predicted molar refractivity (Wildman–Crippen MR) is 137 cm³/mol. The molecule has 3 aromatic heterocycles. The fourth-order valence-corrected chi connectivity index (χ4v) is 4.30. The number of aromatic nitrogens is 5. The molecule has 35 heavy (non-hydrogen) atoms. The number of benzene rings is 1. The molecule has 10 nitrogen and oxygen atoms in total. The van der Waals surface area contributed by atoms with Gasteiger partial charge in [0.15, 0.2) is 11.5 Å². The van der Waals surface area contributed by atoms with Crippen LogP contribution in [0.1, 0.15) is 11.1 Å². The lowest BCUT2D eigenvalue weighted by atomic mass is 10.0. The lowest BCUT2D eigenvalue weighted by Crippen LogP contribution is -2.24. The van der Waals surface area contributed by atoms with Crippen LogP contribution in [0.15, 0.2) is 60.0 Å². The number of aliphatic hydroxyl groups excluding tert-OH is 1. The van der Waals surface area contributed by atoms with Crippen LogP contribution in [0.25, 0.3) is 16.9 Å². The summed E-state index contributed by atoms with van der Waals surface area (Å²) in [4.78, 5) is 28.9. The van der Waals surface area contributed by atoms with Crippen molar-refractivity contribution in [3.8, 4) is 5.82 Å². The summed E-state index contributed by atoms with van der Waals surface area (Å²) >= 11 is 0. The normalized spacial score (nSPS) is 13.0. The van der Waals surface area contributed by atoms with Crippen LogP contribution >= 0.6 is 0 Å². The first-order chi connectivity index (χ1) is 17.1. The summed E-state index contributed by atoms with van der Waals surface area (Å²) in [6.45, 7) is 6.37. The summed E-state index contributed by atoms with van der Waals surface area (Å²) in [6, 6.07) is 11.8. The van der Waals surface area contributed by atoms with Crippen molar-refractivity contribution < 1.29 is 5.11 Å². The number of likely N-dealkylation sites (N-methyl/N-ethyl adjacent to an activating group) is 1. The zero-order valence-electron chi connectivity index (χ0n) is 19.6. The minimum Gasteiger partial charge on any atom is -0.395 e. The maximum Gasteiger partial charge on any atom is 0.278 e. The van der Waals surface area contributed by atoms with Gasteiger partial charge in [-0.3, -0.25) is 4.79 Å². The lowest BCUT2D eigenvalue weighted by molar-refractivity contribution is 0.304. The van der Waals surface area contributed by atoms with E-state index in [1.165, 1.54) is 11.1 Å². The molecule has 4 aromatic rings. The smallest absolute Gasteiger partial charge is 0.278 e.